The Labute approximate surface area is 143 Å². The lowest BCUT2D eigenvalue weighted by atomic mass is 10.1. The van der Waals surface area contributed by atoms with Crippen molar-refractivity contribution in [2.24, 2.45) is 5.92 Å². The number of nitrogens with zero attached hydrogens (tertiary/aromatic N) is 2. The predicted octanol–water partition coefficient (Wildman–Crippen LogP) is 4.55. The summed E-state index contributed by atoms with van der Waals surface area (Å²) >= 11 is 5.90. The summed E-state index contributed by atoms with van der Waals surface area (Å²) in [5, 5.41) is 7.43. The maximum atomic E-state index is 5.90. The number of hydrogen-bond acceptors (Lipinski definition) is 4. The quantitative estimate of drug-likeness (QED) is 0.744. The number of aryl methyl sites for hydroxylation is 1. The topological polar surface area (TPSA) is 49.8 Å². The molecule has 2 aromatic rings. The van der Waals surface area contributed by atoms with Gasteiger partial charge in [0.25, 0.3) is 0 Å². The second-order valence-corrected chi connectivity index (χ2v) is 6.57. The van der Waals surface area contributed by atoms with E-state index in [1.54, 1.807) is 0 Å². The third-order valence-electron chi connectivity index (χ3n) is 3.49. The van der Waals surface area contributed by atoms with Crippen molar-refractivity contribution >= 4 is 23.4 Å². The van der Waals surface area contributed by atoms with Crippen LogP contribution in [-0.4, -0.2) is 23.1 Å². The average molecular weight is 333 g/mol. The van der Waals surface area contributed by atoms with Crippen molar-refractivity contribution < 1.29 is 0 Å². The lowest BCUT2D eigenvalue weighted by Crippen LogP contribution is -2.11. The molecule has 1 heterocycles. The molecule has 0 unspecified atom stereocenters. The van der Waals surface area contributed by atoms with Crippen LogP contribution >= 0.6 is 11.6 Å². The highest BCUT2D eigenvalue weighted by Gasteiger charge is 2.03. The third kappa shape index (κ3) is 6.45. The van der Waals surface area contributed by atoms with Crippen molar-refractivity contribution in [3.8, 4) is 0 Å². The molecule has 4 nitrogen and oxygen atoms in total. The molecule has 1 aromatic heterocycles. The number of benzene rings is 1. The van der Waals surface area contributed by atoms with Gasteiger partial charge in [0.05, 0.1) is 0 Å². The molecule has 2 N–H and O–H groups in total. The normalized spacial score (nSPS) is 10.8. The standard InChI is InChI=1S/C18H25ClN4/c1-13(2)8-10-21-18-22-14(3)12-17(23-18)20-11-9-15-4-6-16(19)7-5-15/h4-7,12-13H,8-11H2,1-3H3,(H2,20,21,22,23). The van der Waals surface area contributed by atoms with Crippen molar-refractivity contribution in [2.75, 3.05) is 23.7 Å². The molecule has 124 valence electrons. The van der Waals surface area contributed by atoms with Crippen LogP contribution in [0.25, 0.3) is 0 Å². The highest BCUT2D eigenvalue weighted by atomic mass is 35.5. The fraction of sp³-hybridized carbons (Fsp3) is 0.444. The van der Waals surface area contributed by atoms with Crippen LogP contribution in [0.1, 0.15) is 31.5 Å². The van der Waals surface area contributed by atoms with Gasteiger partial charge in [-0.1, -0.05) is 37.6 Å². The lowest BCUT2D eigenvalue weighted by Gasteiger charge is -2.11. The third-order valence-corrected chi connectivity index (χ3v) is 3.74. The summed E-state index contributed by atoms with van der Waals surface area (Å²) in [6.45, 7) is 8.12. The van der Waals surface area contributed by atoms with Crippen LogP contribution in [0, 0.1) is 12.8 Å². The zero-order valence-corrected chi connectivity index (χ0v) is 14.8. The van der Waals surface area contributed by atoms with E-state index >= 15 is 0 Å². The Bertz CT molecular complexity index is 611. The Morgan fingerprint density at radius 2 is 1.78 bits per heavy atom. The van der Waals surface area contributed by atoms with Crippen LogP contribution in [0.15, 0.2) is 30.3 Å². The van der Waals surface area contributed by atoms with Crippen LogP contribution in [0.4, 0.5) is 11.8 Å². The zero-order valence-electron chi connectivity index (χ0n) is 14.1. The van der Waals surface area contributed by atoms with Crippen molar-refractivity contribution in [1.29, 1.82) is 0 Å². The van der Waals surface area contributed by atoms with Crippen LogP contribution in [-0.2, 0) is 6.42 Å². The minimum absolute atomic E-state index is 0.671. The fourth-order valence-electron chi connectivity index (χ4n) is 2.20. The van der Waals surface area contributed by atoms with Gasteiger partial charge in [0.1, 0.15) is 5.82 Å². The SMILES string of the molecule is Cc1cc(NCCc2ccc(Cl)cc2)nc(NCCC(C)C)n1. The zero-order chi connectivity index (χ0) is 16.7. The summed E-state index contributed by atoms with van der Waals surface area (Å²) in [4.78, 5) is 8.95. The molecule has 0 spiro atoms. The van der Waals surface area contributed by atoms with E-state index in [1.165, 1.54) is 5.56 Å². The molecular weight excluding hydrogens is 308 g/mol. The Kier molecular flexibility index (Phi) is 6.66. The lowest BCUT2D eigenvalue weighted by molar-refractivity contribution is 0.606. The molecule has 0 atom stereocenters. The first-order valence-corrected chi connectivity index (χ1v) is 8.48. The fourth-order valence-corrected chi connectivity index (χ4v) is 2.32. The summed E-state index contributed by atoms with van der Waals surface area (Å²) in [5.74, 6) is 2.22. The van der Waals surface area contributed by atoms with E-state index in [9.17, 15) is 0 Å². The van der Waals surface area contributed by atoms with Gasteiger partial charge in [-0.2, -0.15) is 4.98 Å². The van der Waals surface area contributed by atoms with Gasteiger partial charge in [-0.15, -0.1) is 0 Å². The first-order valence-electron chi connectivity index (χ1n) is 8.11. The monoisotopic (exact) mass is 332 g/mol. The molecular formula is C18H25ClN4. The van der Waals surface area contributed by atoms with Crippen LogP contribution in [0.2, 0.25) is 5.02 Å². The molecule has 0 fully saturated rings. The molecule has 0 aliphatic rings. The molecule has 0 aliphatic heterocycles. The van der Waals surface area contributed by atoms with Gasteiger partial charge in [-0.25, -0.2) is 4.98 Å². The first-order chi connectivity index (χ1) is 11.0. The maximum absolute atomic E-state index is 5.90. The van der Waals surface area contributed by atoms with Gasteiger partial charge < -0.3 is 10.6 Å². The van der Waals surface area contributed by atoms with Gasteiger partial charge in [0, 0.05) is 29.9 Å². The van der Waals surface area contributed by atoms with Crippen molar-refractivity contribution in [3.05, 3.63) is 46.6 Å². The summed E-state index contributed by atoms with van der Waals surface area (Å²) in [5.41, 5.74) is 2.21. The number of hydrogen-bond donors (Lipinski definition) is 2. The molecule has 5 heteroatoms. The van der Waals surface area contributed by atoms with E-state index in [0.717, 1.165) is 42.5 Å². The van der Waals surface area contributed by atoms with E-state index in [1.807, 2.05) is 37.3 Å². The molecule has 0 bridgehead atoms. The summed E-state index contributed by atoms with van der Waals surface area (Å²) in [6.07, 6.45) is 2.03. The molecule has 23 heavy (non-hydrogen) atoms. The Morgan fingerprint density at radius 1 is 1.04 bits per heavy atom. The summed E-state index contributed by atoms with van der Waals surface area (Å²) in [7, 11) is 0. The second kappa shape index (κ2) is 8.73. The van der Waals surface area contributed by atoms with Crippen LogP contribution in [0.5, 0.6) is 0 Å². The molecule has 2 rings (SSSR count). The largest absolute Gasteiger partial charge is 0.370 e. The van der Waals surface area contributed by atoms with E-state index in [-0.39, 0.29) is 0 Å². The number of rotatable bonds is 8. The number of nitrogens with one attached hydrogen (secondary N) is 2. The second-order valence-electron chi connectivity index (χ2n) is 6.13. The van der Waals surface area contributed by atoms with Crippen molar-refractivity contribution in [1.82, 2.24) is 9.97 Å². The van der Waals surface area contributed by atoms with E-state index in [0.29, 0.717) is 11.9 Å². The predicted molar refractivity (Wildman–Crippen MR) is 98.4 cm³/mol. The molecule has 1 aromatic carbocycles. The minimum Gasteiger partial charge on any atom is -0.370 e. The van der Waals surface area contributed by atoms with Crippen LogP contribution in [0.3, 0.4) is 0 Å². The van der Waals surface area contributed by atoms with Crippen LogP contribution < -0.4 is 10.6 Å². The number of aromatic nitrogens is 2. The Morgan fingerprint density at radius 3 is 2.48 bits per heavy atom. The van der Waals surface area contributed by atoms with Gasteiger partial charge in [0.2, 0.25) is 5.95 Å². The van der Waals surface area contributed by atoms with Crippen molar-refractivity contribution in [2.45, 2.75) is 33.6 Å². The van der Waals surface area contributed by atoms with Gasteiger partial charge in [0.15, 0.2) is 0 Å². The first kappa shape index (κ1) is 17.5. The number of anilines is 2. The number of halogens is 1. The van der Waals surface area contributed by atoms with Gasteiger partial charge in [-0.3, -0.25) is 0 Å². The maximum Gasteiger partial charge on any atom is 0.224 e. The van der Waals surface area contributed by atoms with E-state index in [2.05, 4.69) is 34.4 Å². The molecule has 0 radical (unpaired) electrons. The van der Waals surface area contributed by atoms with E-state index < -0.39 is 0 Å². The molecule has 0 amide bonds. The van der Waals surface area contributed by atoms with Gasteiger partial charge in [-0.05, 0) is 43.4 Å². The molecule has 0 saturated heterocycles. The Balaban J connectivity index is 1.86. The summed E-state index contributed by atoms with van der Waals surface area (Å²) in [6, 6.07) is 9.91. The highest BCUT2D eigenvalue weighted by Crippen LogP contribution is 2.12. The molecule has 0 saturated carbocycles. The van der Waals surface area contributed by atoms with E-state index in [4.69, 9.17) is 11.6 Å². The highest BCUT2D eigenvalue weighted by molar-refractivity contribution is 6.30. The summed E-state index contributed by atoms with van der Waals surface area (Å²) < 4.78 is 0. The smallest absolute Gasteiger partial charge is 0.224 e. The van der Waals surface area contributed by atoms with Gasteiger partial charge >= 0.3 is 0 Å². The Hall–Kier alpha value is -1.81. The minimum atomic E-state index is 0.671. The van der Waals surface area contributed by atoms with Crippen molar-refractivity contribution in [3.63, 3.8) is 0 Å². The molecule has 0 aliphatic carbocycles. The average Bonchev–Trinajstić information content (AvgIpc) is 2.48.